The number of benzene rings is 2. The minimum Gasteiger partial charge on any atom is -0.373 e. The largest absolute Gasteiger partial charge is 0.373 e. The molecule has 0 radical (unpaired) electrons. The first-order valence-corrected chi connectivity index (χ1v) is 6.74. The molecule has 1 N–H and O–H groups in total. The summed E-state index contributed by atoms with van der Waals surface area (Å²) in [6.07, 6.45) is 0.787. The van der Waals surface area contributed by atoms with Gasteiger partial charge in [-0.2, -0.15) is 4.98 Å². The van der Waals surface area contributed by atoms with Crippen LogP contribution < -0.4 is 5.32 Å². The first-order valence-electron chi connectivity index (χ1n) is 6.74. The van der Waals surface area contributed by atoms with Gasteiger partial charge in [0, 0.05) is 12.1 Å². The highest BCUT2D eigenvalue weighted by atomic mass is 19.1. The van der Waals surface area contributed by atoms with Crippen LogP contribution in [-0.4, -0.2) is 10.1 Å². The quantitative estimate of drug-likeness (QED) is 0.780. The lowest BCUT2D eigenvalue weighted by molar-refractivity contribution is 0.364. The molecule has 1 aliphatic rings. The number of para-hydroxylation sites is 1. The van der Waals surface area contributed by atoms with Gasteiger partial charge in [-0.15, -0.1) is 0 Å². The number of halogens is 1. The summed E-state index contributed by atoms with van der Waals surface area (Å²) in [5.41, 5.74) is 2.64. The fraction of sp³-hybridized carbons (Fsp3) is 0.125. The van der Waals surface area contributed by atoms with Gasteiger partial charge in [0.15, 0.2) is 0 Å². The van der Waals surface area contributed by atoms with Gasteiger partial charge in [-0.05, 0) is 23.8 Å². The highest BCUT2D eigenvalue weighted by Crippen LogP contribution is 2.33. The second-order valence-electron chi connectivity index (χ2n) is 4.99. The fourth-order valence-corrected chi connectivity index (χ4v) is 2.58. The van der Waals surface area contributed by atoms with Crippen LogP contribution in [0, 0.1) is 5.82 Å². The second kappa shape index (κ2) is 4.70. The summed E-state index contributed by atoms with van der Waals surface area (Å²) in [4.78, 5) is 4.33. The number of hydrogen-bond donors (Lipinski definition) is 1. The predicted octanol–water partition coefficient (Wildman–Crippen LogP) is 3.59. The van der Waals surface area contributed by atoms with Crippen LogP contribution in [0.25, 0.3) is 11.4 Å². The fourth-order valence-electron chi connectivity index (χ4n) is 2.58. The molecule has 0 saturated carbocycles. The van der Waals surface area contributed by atoms with E-state index in [1.165, 1.54) is 11.6 Å². The van der Waals surface area contributed by atoms with Crippen molar-refractivity contribution in [2.75, 3.05) is 5.32 Å². The third-order valence-corrected chi connectivity index (χ3v) is 3.63. The van der Waals surface area contributed by atoms with Gasteiger partial charge in [0.05, 0.1) is 5.56 Å². The summed E-state index contributed by atoms with van der Waals surface area (Å²) in [6, 6.07) is 14.4. The number of anilines is 1. The molecule has 2 heterocycles. The van der Waals surface area contributed by atoms with Crippen molar-refractivity contribution in [2.45, 2.75) is 12.5 Å². The number of hydrogen-bond acceptors (Lipinski definition) is 4. The van der Waals surface area contributed by atoms with Gasteiger partial charge in [0.2, 0.25) is 11.7 Å². The number of nitrogens with zero attached hydrogens (tertiary/aromatic N) is 2. The Labute approximate surface area is 120 Å². The lowest BCUT2D eigenvalue weighted by Crippen LogP contribution is -2.05. The lowest BCUT2D eigenvalue weighted by Gasteiger charge is -2.04. The minimum absolute atomic E-state index is 0.0598. The Hall–Kier alpha value is -2.69. The van der Waals surface area contributed by atoms with E-state index in [1.807, 2.05) is 18.2 Å². The maximum absolute atomic E-state index is 13.7. The van der Waals surface area contributed by atoms with E-state index in [1.54, 1.807) is 18.2 Å². The van der Waals surface area contributed by atoms with Crippen LogP contribution in [0.1, 0.15) is 17.5 Å². The summed E-state index contributed by atoms with van der Waals surface area (Å²) >= 11 is 0. The Balaban J connectivity index is 1.63. The molecule has 0 amide bonds. The molecule has 1 aliphatic heterocycles. The van der Waals surface area contributed by atoms with Gasteiger partial charge in [-0.25, -0.2) is 4.39 Å². The Kier molecular flexibility index (Phi) is 2.70. The van der Waals surface area contributed by atoms with Gasteiger partial charge in [-0.1, -0.05) is 35.5 Å². The average molecular weight is 281 g/mol. The van der Waals surface area contributed by atoms with E-state index in [-0.39, 0.29) is 17.7 Å². The molecular formula is C16H12FN3O. The van der Waals surface area contributed by atoms with Crippen LogP contribution in [0.3, 0.4) is 0 Å². The molecule has 1 aromatic heterocycles. The number of rotatable bonds is 2. The maximum Gasteiger partial charge on any atom is 0.249 e. The third-order valence-electron chi connectivity index (χ3n) is 3.63. The molecule has 1 atom stereocenters. The van der Waals surface area contributed by atoms with Gasteiger partial charge in [0.25, 0.3) is 0 Å². The van der Waals surface area contributed by atoms with E-state index in [0.717, 1.165) is 12.1 Å². The highest BCUT2D eigenvalue weighted by Gasteiger charge is 2.27. The maximum atomic E-state index is 13.7. The molecule has 4 rings (SSSR count). The molecule has 0 aliphatic carbocycles. The van der Waals surface area contributed by atoms with Crippen molar-refractivity contribution in [3.63, 3.8) is 0 Å². The van der Waals surface area contributed by atoms with Crippen LogP contribution in [0.2, 0.25) is 0 Å². The van der Waals surface area contributed by atoms with Crippen LogP contribution >= 0.6 is 0 Å². The molecule has 2 aromatic carbocycles. The zero-order valence-corrected chi connectivity index (χ0v) is 11.1. The van der Waals surface area contributed by atoms with Crippen molar-refractivity contribution in [2.24, 2.45) is 0 Å². The molecule has 1 unspecified atom stereocenters. The molecule has 0 saturated heterocycles. The molecule has 21 heavy (non-hydrogen) atoms. The summed E-state index contributed by atoms with van der Waals surface area (Å²) in [7, 11) is 0. The molecular weight excluding hydrogens is 269 g/mol. The number of fused-ring (bicyclic) bond motifs is 1. The van der Waals surface area contributed by atoms with Gasteiger partial charge in [0.1, 0.15) is 11.9 Å². The van der Waals surface area contributed by atoms with Gasteiger partial charge >= 0.3 is 0 Å². The number of nitrogens with one attached hydrogen (secondary N) is 1. The predicted molar refractivity (Wildman–Crippen MR) is 76.2 cm³/mol. The van der Waals surface area contributed by atoms with Crippen LogP contribution in [0.15, 0.2) is 53.1 Å². The molecule has 4 nitrogen and oxygen atoms in total. The third kappa shape index (κ3) is 2.07. The minimum atomic E-state index is -0.354. The van der Waals surface area contributed by atoms with Gasteiger partial charge in [-0.3, -0.25) is 0 Å². The Morgan fingerprint density at radius 3 is 2.76 bits per heavy atom. The lowest BCUT2D eigenvalue weighted by atomic mass is 10.1. The Morgan fingerprint density at radius 2 is 1.90 bits per heavy atom. The van der Waals surface area contributed by atoms with Crippen molar-refractivity contribution in [3.05, 3.63) is 65.8 Å². The van der Waals surface area contributed by atoms with Crippen LogP contribution in [0.5, 0.6) is 0 Å². The van der Waals surface area contributed by atoms with Crippen molar-refractivity contribution < 1.29 is 8.91 Å². The first kappa shape index (κ1) is 12.1. The SMILES string of the molecule is Fc1ccccc1-c1noc(C2Cc3ccccc3N2)n1. The zero-order chi connectivity index (χ0) is 14.2. The molecule has 5 heteroatoms. The van der Waals surface area contributed by atoms with E-state index >= 15 is 0 Å². The van der Waals surface area contributed by atoms with Gasteiger partial charge < -0.3 is 9.84 Å². The summed E-state index contributed by atoms with van der Waals surface area (Å²) in [5, 5.41) is 7.23. The number of aromatic nitrogens is 2. The van der Waals surface area contributed by atoms with E-state index < -0.39 is 0 Å². The monoisotopic (exact) mass is 281 g/mol. The van der Waals surface area contributed by atoms with E-state index in [2.05, 4.69) is 21.5 Å². The van der Waals surface area contributed by atoms with E-state index in [0.29, 0.717) is 11.5 Å². The Bertz CT molecular complexity index is 774. The summed E-state index contributed by atoms with van der Waals surface area (Å²) in [5.74, 6) is 0.401. The van der Waals surface area contributed by atoms with E-state index in [4.69, 9.17) is 4.52 Å². The standard InChI is InChI=1S/C16H12FN3O/c17-12-7-3-2-6-11(12)15-19-16(21-20-15)14-9-10-5-1-4-8-13(10)18-14/h1-8,14,18H,9H2. The van der Waals surface area contributed by atoms with Crippen molar-refractivity contribution in [1.29, 1.82) is 0 Å². The van der Waals surface area contributed by atoms with Crippen molar-refractivity contribution in [1.82, 2.24) is 10.1 Å². The molecule has 0 bridgehead atoms. The van der Waals surface area contributed by atoms with E-state index in [9.17, 15) is 4.39 Å². The summed E-state index contributed by atoms with van der Waals surface area (Å²) < 4.78 is 19.0. The molecule has 3 aromatic rings. The molecule has 104 valence electrons. The average Bonchev–Trinajstić information content (AvgIpc) is 3.14. The smallest absolute Gasteiger partial charge is 0.249 e. The van der Waals surface area contributed by atoms with Crippen molar-refractivity contribution in [3.8, 4) is 11.4 Å². The van der Waals surface area contributed by atoms with Crippen LogP contribution in [-0.2, 0) is 6.42 Å². The molecule has 0 spiro atoms. The van der Waals surface area contributed by atoms with Crippen molar-refractivity contribution >= 4 is 5.69 Å². The van der Waals surface area contributed by atoms with Crippen LogP contribution in [0.4, 0.5) is 10.1 Å². The zero-order valence-electron chi connectivity index (χ0n) is 11.1. The topological polar surface area (TPSA) is 51.0 Å². The molecule has 0 fully saturated rings. The Morgan fingerprint density at radius 1 is 1.10 bits per heavy atom. The highest BCUT2D eigenvalue weighted by molar-refractivity contribution is 5.58. The first-order chi connectivity index (χ1) is 10.3. The second-order valence-corrected chi connectivity index (χ2v) is 4.99. The summed E-state index contributed by atoms with van der Waals surface area (Å²) in [6.45, 7) is 0. The normalized spacial score (nSPS) is 16.5.